The molecule has 21 heavy (non-hydrogen) atoms. The lowest BCUT2D eigenvalue weighted by Crippen LogP contribution is -2.43. The number of hydrogen-bond donors (Lipinski definition) is 1. The Hall–Kier alpha value is -1.33. The van der Waals surface area contributed by atoms with Crippen LogP contribution in [-0.4, -0.2) is 27.1 Å². The van der Waals surface area contributed by atoms with Gasteiger partial charge in [-0.05, 0) is 23.7 Å². The fraction of sp³-hybridized carbons (Fsp3) is 0.562. The van der Waals surface area contributed by atoms with Crippen molar-refractivity contribution in [1.29, 1.82) is 0 Å². The number of rotatable bonds is 4. The van der Waals surface area contributed by atoms with Gasteiger partial charge in [0.25, 0.3) is 0 Å². The number of ether oxygens (including phenoxy) is 1. The number of amides is 1. The Balaban J connectivity index is 2.06. The molecule has 1 saturated heterocycles. The molecule has 1 aromatic carbocycles. The molecule has 1 amide bonds. The van der Waals surface area contributed by atoms with Gasteiger partial charge < -0.3 is 14.5 Å². The van der Waals surface area contributed by atoms with Crippen molar-refractivity contribution < 1.29 is 14.0 Å². The highest BCUT2D eigenvalue weighted by Gasteiger charge is 2.41. The summed E-state index contributed by atoms with van der Waals surface area (Å²) in [4.78, 5) is 11.6. The maximum Gasteiger partial charge on any atom is 0.408 e. The summed E-state index contributed by atoms with van der Waals surface area (Å²) in [6.45, 7) is 11.4. The summed E-state index contributed by atoms with van der Waals surface area (Å²) in [5, 5.41) is 3.01. The van der Waals surface area contributed by atoms with Crippen LogP contribution < -0.4 is 5.32 Å². The molecule has 2 atom stereocenters. The second kappa shape index (κ2) is 5.81. The molecule has 2 rings (SSSR count). The smallest absolute Gasteiger partial charge is 0.408 e. The van der Waals surface area contributed by atoms with Gasteiger partial charge in [-0.25, -0.2) is 4.79 Å². The predicted molar refractivity (Wildman–Crippen MR) is 85.7 cm³/mol. The van der Waals surface area contributed by atoms with Crippen LogP contribution in [0.5, 0.6) is 0 Å². The zero-order chi connectivity index (χ0) is 15.7. The first-order chi connectivity index (χ1) is 9.71. The molecule has 1 N–H and O–H groups in total. The normalized spacial score (nSPS) is 22.8. The highest BCUT2D eigenvalue weighted by atomic mass is 28.4. The van der Waals surface area contributed by atoms with Crippen LogP contribution in [-0.2, 0) is 9.16 Å². The van der Waals surface area contributed by atoms with Crippen LogP contribution in [0.15, 0.2) is 30.3 Å². The van der Waals surface area contributed by atoms with Crippen molar-refractivity contribution in [2.24, 2.45) is 0 Å². The van der Waals surface area contributed by atoms with Crippen LogP contribution in [0.4, 0.5) is 4.79 Å². The molecule has 0 unspecified atom stereocenters. The third-order valence-corrected chi connectivity index (χ3v) is 8.98. The topological polar surface area (TPSA) is 47.6 Å². The molecule has 1 heterocycles. The number of carbonyl (C=O) groups excluding carboxylic acids is 1. The SMILES string of the molecule is CC(C)(C)[Si](C)(C)OC[C@H]1OC(=O)N[C@H]1c1ccccc1. The Morgan fingerprint density at radius 2 is 1.86 bits per heavy atom. The van der Waals surface area contributed by atoms with Crippen molar-refractivity contribution in [3.63, 3.8) is 0 Å². The van der Waals surface area contributed by atoms with Gasteiger partial charge in [0, 0.05) is 0 Å². The Morgan fingerprint density at radius 1 is 1.24 bits per heavy atom. The Bertz CT molecular complexity index is 496. The van der Waals surface area contributed by atoms with Gasteiger partial charge in [-0.3, -0.25) is 0 Å². The number of hydrogen-bond acceptors (Lipinski definition) is 3. The van der Waals surface area contributed by atoms with Crippen molar-refractivity contribution in [3.05, 3.63) is 35.9 Å². The molecule has 1 aromatic rings. The molecule has 4 nitrogen and oxygen atoms in total. The Labute approximate surface area is 128 Å². The van der Waals surface area contributed by atoms with Gasteiger partial charge in [-0.15, -0.1) is 0 Å². The highest BCUT2D eigenvalue weighted by molar-refractivity contribution is 6.74. The molecule has 0 radical (unpaired) electrons. The fourth-order valence-electron chi connectivity index (χ4n) is 2.06. The summed E-state index contributed by atoms with van der Waals surface area (Å²) >= 11 is 0. The molecule has 5 heteroatoms. The van der Waals surface area contributed by atoms with E-state index in [9.17, 15) is 4.79 Å². The summed E-state index contributed by atoms with van der Waals surface area (Å²) in [5.41, 5.74) is 1.05. The number of benzene rings is 1. The maximum atomic E-state index is 11.6. The van der Waals surface area contributed by atoms with E-state index in [0.717, 1.165) is 5.56 Å². The predicted octanol–water partition coefficient (Wildman–Crippen LogP) is 3.86. The average molecular weight is 307 g/mol. The van der Waals surface area contributed by atoms with E-state index in [1.54, 1.807) is 0 Å². The first kappa shape index (κ1) is 16.0. The van der Waals surface area contributed by atoms with Crippen molar-refractivity contribution in [2.75, 3.05) is 6.61 Å². The van der Waals surface area contributed by atoms with E-state index in [0.29, 0.717) is 6.61 Å². The molecule has 0 bridgehead atoms. The van der Waals surface area contributed by atoms with Crippen molar-refractivity contribution >= 4 is 14.4 Å². The molecule has 1 aliphatic rings. The van der Waals surface area contributed by atoms with Gasteiger partial charge in [-0.1, -0.05) is 51.1 Å². The summed E-state index contributed by atoms with van der Waals surface area (Å²) < 4.78 is 11.6. The monoisotopic (exact) mass is 307 g/mol. The number of carbonyl (C=O) groups is 1. The average Bonchev–Trinajstić information content (AvgIpc) is 2.77. The summed E-state index contributed by atoms with van der Waals surface area (Å²) in [6.07, 6.45) is -0.637. The Kier molecular flexibility index (Phi) is 4.44. The number of cyclic esters (lactones) is 1. The standard InChI is InChI=1S/C16H25NO3Si/c1-16(2,3)21(4,5)19-11-13-14(17-15(18)20-13)12-9-7-6-8-10-12/h6-10,13-14H,11H2,1-5H3,(H,17,18)/t13-,14+/m1/s1. The molecule has 1 fully saturated rings. The third kappa shape index (κ3) is 3.65. The van der Waals surface area contributed by atoms with E-state index < -0.39 is 8.32 Å². The molecule has 0 aromatic heterocycles. The van der Waals surface area contributed by atoms with E-state index in [1.807, 2.05) is 30.3 Å². The number of nitrogens with one attached hydrogen (secondary N) is 1. The lowest BCUT2D eigenvalue weighted by atomic mass is 10.0. The second-order valence-corrected chi connectivity index (χ2v) is 11.9. The molecular formula is C16H25NO3Si. The maximum absolute atomic E-state index is 11.6. The summed E-state index contributed by atoms with van der Waals surface area (Å²) in [5.74, 6) is 0. The molecule has 1 aliphatic heterocycles. The van der Waals surface area contributed by atoms with E-state index in [1.165, 1.54) is 0 Å². The van der Waals surface area contributed by atoms with Gasteiger partial charge >= 0.3 is 6.09 Å². The van der Waals surface area contributed by atoms with Gasteiger partial charge in [0.2, 0.25) is 0 Å². The van der Waals surface area contributed by atoms with Gasteiger partial charge in [0.15, 0.2) is 8.32 Å². The lowest BCUT2D eigenvalue weighted by molar-refractivity contribution is 0.0866. The summed E-state index contributed by atoms with van der Waals surface area (Å²) in [7, 11) is -1.84. The van der Waals surface area contributed by atoms with Gasteiger partial charge in [0.1, 0.15) is 6.10 Å². The minimum atomic E-state index is -1.84. The van der Waals surface area contributed by atoms with Crippen LogP contribution >= 0.6 is 0 Å². The molecule has 0 aliphatic carbocycles. The van der Waals surface area contributed by atoms with E-state index in [2.05, 4.69) is 39.2 Å². The molecular weight excluding hydrogens is 282 g/mol. The third-order valence-electron chi connectivity index (χ3n) is 4.48. The van der Waals surface area contributed by atoms with Crippen LogP contribution in [0.1, 0.15) is 32.4 Å². The minimum absolute atomic E-state index is 0.136. The number of alkyl carbamates (subject to hydrolysis) is 1. The minimum Gasteiger partial charge on any atom is -0.441 e. The van der Waals surface area contributed by atoms with E-state index in [4.69, 9.17) is 9.16 Å². The van der Waals surface area contributed by atoms with Crippen LogP contribution in [0.25, 0.3) is 0 Å². The van der Waals surface area contributed by atoms with Crippen LogP contribution in [0, 0.1) is 0 Å². The Morgan fingerprint density at radius 3 is 2.43 bits per heavy atom. The van der Waals surface area contributed by atoms with E-state index >= 15 is 0 Å². The summed E-state index contributed by atoms with van der Waals surface area (Å²) in [6, 6.07) is 9.75. The van der Waals surface area contributed by atoms with E-state index in [-0.39, 0.29) is 23.3 Å². The quantitative estimate of drug-likeness (QED) is 0.859. The molecule has 116 valence electrons. The largest absolute Gasteiger partial charge is 0.441 e. The van der Waals surface area contributed by atoms with Gasteiger partial charge in [0.05, 0.1) is 12.6 Å². The van der Waals surface area contributed by atoms with Crippen LogP contribution in [0.2, 0.25) is 18.1 Å². The fourth-order valence-corrected chi connectivity index (χ4v) is 3.07. The molecule has 0 saturated carbocycles. The molecule has 0 spiro atoms. The van der Waals surface area contributed by atoms with Crippen molar-refractivity contribution in [2.45, 2.75) is 51.0 Å². The first-order valence-corrected chi connectivity index (χ1v) is 10.3. The first-order valence-electron chi connectivity index (χ1n) is 7.37. The zero-order valence-corrected chi connectivity index (χ0v) is 14.5. The van der Waals surface area contributed by atoms with Crippen LogP contribution in [0.3, 0.4) is 0 Å². The lowest BCUT2D eigenvalue weighted by Gasteiger charge is -2.37. The van der Waals surface area contributed by atoms with Crippen molar-refractivity contribution in [3.8, 4) is 0 Å². The second-order valence-electron chi connectivity index (χ2n) is 7.05. The zero-order valence-electron chi connectivity index (χ0n) is 13.5. The van der Waals surface area contributed by atoms with Crippen molar-refractivity contribution in [1.82, 2.24) is 5.32 Å². The van der Waals surface area contributed by atoms with Gasteiger partial charge in [-0.2, -0.15) is 0 Å². The highest BCUT2D eigenvalue weighted by Crippen LogP contribution is 2.37.